The van der Waals surface area contributed by atoms with Crippen LogP contribution in [0.15, 0.2) is 47.1 Å². The van der Waals surface area contributed by atoms with Gasteiger partial charge in [-0.25, -0.2) is 4.98 Å². The van der Waals surface area contributed by atoms with Crippen molar-refractivity contribution in [2.24, 2.45) is 0 Å². The predicted molar refractivity (Wildman–Crippen MR) is 70.4 cm³/mol. The summed E-state index contributed by atoms with van der Waals surface area (Å²) in [7, 11) is 0. The average molecular weight is 288 g/mol. The van der Waals surface area contributed by atoms with Crippen molar-refractivity contribution in [2.45, 2.75) is 6.54 Å². The second-order valence-electron chi connectivity index (χ2n) is 3.49. The summed E-state index contributed by atoms with van der Waals surface area (Å²) >= 11 is 3.49. The van der Waals surface area contributed by atoms with Crippen LogP contribution in [-0.4, -0.2) is 4.98 Å². The van der Waals surface area contributed by atoms with Gasteiger partial charge in [-0.3, -0.25) is 0 Å². The standard InChI is InChI=1S/C13H10BrN3/c14-13-4-2-1-3-10(13)9-17-11-5-6-16-12(7-11)8-15/h1-7H,9H2,(H,16,17). The zero-order valence-corrected chi connectivity index (χ0v) is 10.6. The Hall–Kier alpha value is -1.86. The summed E-state index contributed by atoms with van der Waals surface area (Å²) in [6.45, 7) is 0.705. The van der Waals surface area contributed by atoms with E-state index in [0.717, 1.165) is 10.2 Å². The van der Waals surface area contributed by atoms with E-state index in [9.17, 15) is 0 Å². The van der Waals surface area contributed by atoms with E-state index in [1.165, 1.54) is 5.56 Å². The Morgan fingerprint density at radius 1 is 1.29 bits per heavy atom. The molecule has 2 aromatic rings. The number of aromatic nitrogens is 1. The SMILES string of the molecule is N#Cc1cc(NCc2ccccc2Br)ccn1. The van der Waals surface area contributed by atoms with Crippen LogP contribution in [0.1, 0.15) is 11.3 Å². The molecule has 0 amide bonds. The van der Waals surface area contributed by atoms with Crippen molar-refractivity contribution >= 4 is 21.6 Å². The topological polar surface area (TPSA) is 48.7 Å². The minimum Gasteiger partial charge on any atom is -0.381 e. The van der Waals surface area contributed by atoms with Crippen molar-refractivity contribution in [2.75, 3.05) is 5.32 Å². The van der Waals surface area contributed by atoms with Crippen LogP contribution in [0.4, 0.5) is 5.69 Å². The lowest BCUT2D eigenvalue weighted by atomic mass is 10.2. The van der Waals surface area contributed by atoms with E-state index in [1.54, 1.807) is 12.3 Å². The number of nitrogens with zero attached hydrogens (tertiary/aromatic N) is 2. The molecule has 0 bridgehead atoms. The minimum absolute atomic E-state index is 0.419. The zero-order valence-electron chi connectivity index (χ0n) is 9.02. The van der Waals surface area contributed by atoms with Crippen molar-refractivity contribution in [3.05, 3.63) is 58.3 Å². The number of halogens is 1. The highest BCUT2D eigenvalue weighted by molar-refractivity contribution is 9.10. The first kappa shape index (κ1) is 11.6. The molecule has 1 aromatic carbocycles. The molecule has 1 aromatic heterocycles. The van der Waals surface area contributed by atoms with Gasteiger partial charge in [0, 0.05) is 22.9 Å². The minimum atomic E-state index is 0.419. The van der Waals surface area contributed by atoms with Crippen molar-refractivity contribution in [3.8, 4) is 6.07 Å². The third kappa shape index (κ3) is 3.05. The predicted octanol–water partition coefficient (Wildman–Crippen LogP) is 3.33. The first-order valence-corrected chi connectivity index (χ1v) is 5.92. The lowest BCUT2D eigenvalue weighted by Crippen LogP contribution is -2.00. The van der Waals surface area contributed by atoms with E-state index in [-0.39, 0.29) is 0 Å². The second-order valence-corrected chi connectivity index (χ2v) is 4.34. The van der Waals surface area contributed by atoms with Crippen molar-refractivity contribution in [3.63, 3.8) is 0 Å². The number of rotatable bonds is 3. The van der Waals surface area contributed by atoms with Gasteiger partial charge in [0.1, 0.15) is 11.8 Å². The van der Waals surface area contributed by atoms with Crippen LogP contribution >= 0.6 is 15.9 Å². The fourth-order valence-corrected chi connectivity index (χ4v) is 1.87. The molecular formula is C13H10BrN3. The highest BCUT2D eigenvalue weighted by Gasteiger charge is 1.99. The van der Waals surface area contributed by atoms with Crippen LogP contribution in [0.5, 0.6) is 0 Å². The lowest BCUT2D eigenvalue weighted by Gasteiger charge is -2.07. The van der Waals surface area contributed by atoms with E-state index in [4.69, 9.17) is 5.26 Å². The summed E-state index contributed by atoms with van der Waals surface area (Å²) in [6, 6.07) is 13.6. The van der Waals surface area contributed by atoms with Crippen LogP contribution in [0.3, 0.4) is 0 Å². The number of benzene rings is 1. The number of hydrogen-bond donors (Lipinski definition) is 1. The maximum absolute atomic E-state index is 8.74. The third-order valence-electron chi connectivity index (χ3n) is 2.32. The molecule has 0 fully saturated rings. The molecule has 0 aliphatic rings. The molecule has 0 unspecified atom stereocenters. The Labute approximate surface area is 108 Å². The molecule has 0 saturated heterocycles. The van der Waals surface area contributed by atoms with Crippen molar-refractivity contribution < 1.29 is 0 Å². The molecular weight excluding hydrogens is 278 g/mol. The smallest absolute Gasteiger partial charge is 0.142 e. The summed E-state index contributed by atoms with van der Waals surface area (Å²) in [6.07, 6.45) is 1.63. The van der Waals surface area contributed by atoms with Gasteiger partial charge in [0.05, 0.1) is 0 Å². The molecule has 1 N–H and O–H groups in total. The average Bonchev–Trinajstić information content (AvgIpc) is 2.38. The highest BCUT2D eigenvalue weighted by atomic mass is 79.9. The van der Waals surface area contributed by atoms with Crippen molar-refractivity contribution in [1.82, 2.24) is 4.98 Å². The Balaban J connectivity index is 2.08. The largest absolute Gasteiger partial charge is 0.381 e. The molecule has 0 saturated carbocycles. The molecule has 0 aliphatic heterocycles. The van der Waals surface area contributed by atoms with Gasteiger partial charge in [0.15, 0.2) is 0 Å². The molecule has 0 spiro atoms. The molecule has 17 heavy (non-hydrogen) atoms. The van der Waals surface area contributed by atoms with Crippen LogP contribution in [0.25, 0.3) is 0 Å². The molecule has 1 heterocycles. The van der Waals surface area contributed by atoms with Crippen LogP contribution in [-0.2, 0) is 6.54 Å². The van der Waals surface area contributed by atoms with E-state index in [0.29, 0.717) is 12.2 Å². The van der Waals surface area contributed by atoms with Gasteiger partial charge in [-0.15, -0.1) is 0 Å². The van der Waals surface area contributed by atoms with E-state index >= 15 is 0 Å². The van der Waals surface area contributed by atoms with Gasteiger partial charge in [0.2, 0.25) is 0 Å². The molecule has 0 atom stereocenters. The quantitative estimate of drug-likeness (QED) is 0.942. The molecule has 4 heteroatoms. The summed E-state index contributed by atoms with van der Waals surface area (Å²) in [5.41, 5.74) is 2.48. The second kappa shape index (κ2) is 5.46. The summed E-state index contributed by atoms with van der Waals surface area (Å²) < 4.78 is 1.07. The maximum atomic E-state index is 8.74. The number of pyridine rings is 1. The van der Waals surface area contributed by atoms with Gasteiger partial charge in [-0.1, -0.05) is 34.1 Å². The summed E-state index contributed by atoms with van der Waals surface area (Å²) in [5.74, 6) is 0. The first-order valence-electron chi connectivity index (χ1n) is 5.13. The van der Waals surface area contributed by atoms with Gasteiger partial charge >= 0.3 is 0 Å². The van der Waals surface area contributed by atoms with E-state index in [2.05, 4.69) is 26.2 Å². The first-order chi connectivity index (χ1) is 8.29. The number of anilines is 1. The third-order valence-corrected chi connectivity index (χ3v) is 3.09. The Morgan fingerprint density at radius 3 is 2.88 bits per heavy atom. The fourth-order valence-electron chi connectivity index (χ4n) is 1.44. The zero-order chi connectivity index (χ0) is 12.1. The van der Waals surface area contributed by atoms with Gasteiger partial charge in [-0.2, -0.15) is 5.26 Å². The summed E-state index contributed by atoms with van der Waals surface area (Å²) in [4.78, 5) is 3.92. The van der Waals surface area contributed by atoms with Gasteiger partial charge in [0.25, 0.3) is 0 Å². The maximum Gasteiger partial charge on any atom is 0.142 e. The monoisotopic (exact) mass is 287 g/mol. The van der Waals surface area contributed by atoms with Crippen LogP contribution in [0, 0.1) is 11.3 Å². The molecule has 84 valence electrons. The Morgan fingerprint density at radius 2 is 2.12 bits per heavy atom. The lowest BCUT2D eigenvalue weighted by molar-refractivity contribution is 1.13. The van der Waals surface area contributed by atoms with E-state index in [1.807, 2.05) is 36.4 Å². The number of nitrogens with one attached hydrogen (secondary N) is 1. The molecule has 2 rings (SSSR count). The number of nitriles is 1. The highest BCUT2D eigenvalue weighted by Crippen LogP contribution is 2.17. The van der Waals surface area contributed by atoms with Gasteiger partial charge < -0.3 is 5.32 Å². The van der Waals surface area contributed by atoms with Crippen molar-refractivity contribution in [1.29, 1.82) is 5.26 Å². The molecule has 0 radical (unpaired) electrons. The van der Waals surface area contributed by atoms with Crippen LogP contribution in [0.2, 0.25) is 0 Å². The molecule has 0 aliphatic carbocycles. The van der Waals surface area contributed by atoms with Gasteiger partial charge in [-0.05, 0) is 23.8 Å². The fraction of sp³-hybridized carbons (Fsp3) is 0.0769. The van der Waals surface area contributed by atoms with Crippen LogP contribution < -0.4 is 5.32 Å². The Bertz CT molecular complexity index is 561. The summed E-state index contributed by atoms with van der Waals surface area (Å²) in [5, 5.41) is 12.0. The van der Waals surface area contributed by atoms with E-state index < -0.39 is 0 Å². The number of hydrogen-bond acceptors (Lipinski definition) is 3. The molecule has 3 nitrogen and oxygen atoms in total. The Kier molecular flexibility index (Phi) is 3.73. The normalized spacial score (nSPS) is 9.65.